The second-order valence-electron chi connectivity index (χ2n) is 3.47. The average Bonchev–Trinajstić information content (AvgIpc) is 2.33. The lowest BCUT2D eigenvalue weighted by Crippen LogP contribution is -2.08. The van der Waals surface area contributed by atoms with Crippen LogP contribution in [0.2, 0.25) is 15.1 Å². The van der Waals surface area contributed by atoms with Crippen LogP contribution in [0.1, 0.15) is 10.4 Å². The van der Waals surface area contributed by atoms with Crippen molar-refractivity contribution >= 4 is 40.8 Å². The van der Waals surface area contributed by atoms with E-state index >= 15 is 0 Å². The Morgan fingerprint density at radius 1 is 0.889 bits per heavy atom. The van der Waals surface area contributed by atoms with Gasteiger partial charge in [-0.1, -0.05) is 34.8 Å². The van der Waals surface area contributed by atoms with Gasteiger partial charge in [0.25, 0.3) is 0 Å². The maximum Gasteiger partial charge on any atom is 0.343 e. The van der Waals surface area contributed by atoms with Gasteiger partial charge in [0.2, 0.25) is 0 Å². The first-order valence-electron chi connectivity index (χ1n) is 4.99. The van der Waals surface area contributed by atoms with Gasteiger partial charge in [0, 0.05) is 10.0 Å². The molecule has 0 aromatic heterocycles. The number of ether oxygens (including phenoxy) is 1. The summed E-state index contributed by atoms with van der Waals surface area (Å²) in [6, 6.07) is 11.0. The number of hydrogen-bond donors (Lipinski definition) is 0. The molecule has 5 heteroatoms. The van der Waals surface area contributed by atoms with E-state index < -0.39 is 5.97 Å². The molecule has 92 valence electrons. The van der Waals surface area contributed by atoms with Crippen LogP contribution < -0.4 is 4.74 Å². The Morgan fingerprint density at radius 2 is 1.50 bits per heavy atom. The van der Waals surface area contributed by atoms with E-state index in [1.54, 1.807) is 36.4 Å². The minimum Gasteiger partial charge on any atom is -0.421 e. The smallest absolute Gasteiger partial charge is 0.343 e. The molecule has 0 amide bonds. The predicted molar refractivity (Wildman–Crippen MR) is 72.9 cm³/mol. The molecule has 2 nitrogen and oxygen atoms in total. The summed E-state index contributed by atoms with van der Waals surface area (Å²) in [7, 11) is 0. The van der Waals surface area contributed by atoms with E-state index in [9.17, 15) is 4.79 Å². The Kier molecular flexibility index (Phi) is 4.12. The molecule has 0 heterocycles. The van der Waals surface area contributed by atoms with Crippen molar-refractivity contribution in [2.75, 3.05) is 0 Å². The van der Waals surface area contributed by atoms with Crippen molar-refractivity contribution < 1.29 is 9.53 Å². The van der Waals surface area contributed by atoms with Crippen LogP contribution >= 0.6 is 34.8 Å². The zero-order valence-electron chi connectivity index (χ0n) is 8.99. The highest BCUT2D eigenvalue weighted by molar-refractivity contribution is 6.35. The fourth-order valence-corrected chi connectivity index (χ4v) is 1.88. The third-order valence-electron chi connectivity index (χ3n) is 2.18. The molecule has 0 bridgehead atoms. The molecule has 0 unspecified atom stereocenters. The lowest BCUT2D eigenvalue weighted by molar-refractivity contribution is 0.0735. The normalized spacial score (nSPS) is 10.2. The number of benzene rings is 2. The highest BCUT2D eigenvalue weighted by atomic mass is 35.5. The minimum atomic E-state index is -0.504. The van der Waals surface area contributed by atoms with Gasteiger partial charge in [0.15, 0.2) is 0 Å². The summed E-state index contributed by atoms with van der Waals surface area (Å²) in [5, 5.41) is 1.31. The van der Waals surface area contributed by atoms with E-state index in [4.69, 9.17) is 39.5 Å². The highest BCUT2D eigenvalue weighted by Gasteiger charge is 2.11. The van der Waals surface area contributed by atoms with Crippen molar-refractivity contribution in [3.63, 3.8) is 0 Å². The Labute approximate surface area is 119 Å². The molecule has 0 spiro atoms. The van der Waals surface area contributed by atoms with Crippen LogP contribution in [0.5, 0.6) is 5.75 Å². The largest absolute Gasteiger partial charge is 0.421 e. The summed E-state index contributed by atoms with van der Waals surface area (Å²) >= 11 is 17.4. The lowest BCUT2D eigenvalue weighted by Gasteiger charge is -2.06. The lowest BCUT2D eigenvalue weighted by atomic mass is 10.2. The van der Waals surface area contributed by atoms with Crippen molar-refractivity contribution in [3.05, 3.63) is 63.1 Å². The molecule has 2 aromatic carbocycles. The Balaban J connectivity index is 2.18. The van der Waals surface area contributed by atoms with Crippen molar-refractivity contribution in [3.8, 4) is 5.75 Å². The molecule has 0 saturated heterocycles. The molecule has 0 radical (unpaired) electrons. The molecule has 0 N–H and O–H groups in total. The van der Waals surface area contributed by atoms with Crippen molar-refractivity contribution in [2.45, 2.75) is 0 Å². The molecule has 0 aliphatic rings. The second-order valence-corrected chi connectivity index (χ2v) is 4.75. The van der Waals surface area contributed by atoms with Crippen molar-refractivity contribution in [1.82, 2.24) is 0 Å². The zero-order valence-corrected chi connectivity index (χ0v) is 11.3. The number of esters is 1. The van der Waals surface area contributed by atoms with Gasteiger partial charge in [-0.15, -0.1) is 0 Å². The van der Waals surface area contributed by atoms with Crippen molar-refractivity contribution in [2.24, 2.45) is 0 Å². The van der Waals surface area contributed by atoms with E-state index in [-0.39, 0.29) is 10.8 Å². The SMILES string of the molecule is O=C(Oc1ccc(Cl)cc1Cl)c1ccc(Cl)cc1. The monoisotopic (exact) mass is 300 g/mol. The number of carbonyl (C=O) groups excluding carboxylic acids is 1. The van der Waals surface area contributed by atoms with Crippen molar-refractivity contribution in [1.29, 1.82) is 0 Å². The van der Waals surface area contributed by atoms with Gasteiger partial charge in [-0.2, -0.15) is 0 Å². The first-order valence-corrected chi connectivity index (χ1v) is 6.12. The molecule has 0 aliphatic carbocycles. The van der Waals surface area contributed by atoms with Crippen LogP contribution in [-0.4, -0.2) is 5.97 Å². The third-order valence-corrected chi connectivity index (χ3v) is 2.96. The zero-order chi connectivity index (χ0) is 13.1. The van der Waals surface area contributed by atoms with Gasteiger partial charge in [0.1, 0.15) is 5.75 Å². The van der Waals surface area contributed by atoms with Crippen LogP contribution in [-0.2, 0) is 0 Å². The summed E-state index contributed by atoms with van der Waals surface area (Å²) in [6.07, 6.45) is 0. The quantitative estimate of drug-likeness (QED) is 0.584. The molecule has 0 saturated carbocycles. The van der Waals surface area contributed by atoms with Crippen LogP contribution in [0.15, 0.2) is 42.5 Å². The first-order chi connectivity index (χ1) is 8.56. The number of halogens is 3. The summed E-state index contributed by atoms with van der Waals surface area (Å²) in [4.78, 5) is 11.8. The number of rotatable bonds is 2. The van der Waals surface area contributed by atoms with E-state index in [1.807, 2.05) is 0 Å². The van der Waals surface area contributed by atoms with Gasteiger partial charge in [-0.05, 0) is 42.5 Å². The van der Waals surface area contributed by atoms with Gasteiger partial charge in [-0.25, -0.2) is 4.79 Å². The maximum absolute atomic E-state index is 11.8. The van der Waals surface area contributed by atoms with Gasteiger partial charge in [-0.3, -0.25) is 0 Å². The van der Waals surface area contributed by atoms with Gasteiger partial charge < -0.3 is 4.74 Å². The first kappa shape index (κ1) is 13.2. The average molecular weight is 302 g/mol. The number of carbonyl (C=O) groups is 1. The second kappa shape index (κ2) is 5.61. The van der Waals surface area contributed by atoms with E-state index in [2.05, 4.69) is 0 Å². The third kappa shape index (κ3) is 3.16. The molecule has 2 aromatic rings. The molecule has 2 rings (SSSR count). The molecule has 0 atom stereocenters. The predicted octanol–water partition coefficient (Wildman–Crippen LogP) is 4.87. The summed E-state index contributed by atoms with van der Waals surface area (Å²) in [6.45, 7) is 0. The summed E-state index contributed by atoms with van der Waals surface area (Å²) in [5.41, 5.74) is 0.394. The maximum atomic E-state index is 11.8. The van der Waals surface area contributed by atoms with E-state index in [0.29, 0.717) is 15.6 Å². The highest BCUT2D eigenvalue weighted by Crippen LogP contribution is 2.28. The molecule has 0 aliphatic heterocycles. The van der Waals surface area contributed by atoms with Crippen LogP contribution in [0.25, 0.3) is 0 Å². The van der Waals surface area contributed by atoms with E-state index in [0.717, 1.165) is 0 Å². The molecule has 0 fully saturated rings. The standard InChI is InChI=1S/C13H7Cl3O2/c14-9-3-1-8(2-4-9)13(17)18-12-6-5-10(15)7-11(12)16/h1-7H. The fraction of sp³-hybridized carbons (Fsp3) is 0. The Morgan fingerprint density at radius 3 is 2.11 bits per heavy atom. The Hall–Kier alpha value is -1.22. The fourth-order valence-electron chi connectivity index (χ4n) is 1.30. The Bertz CT molecular complexity index is 579. The van der Waals surface area contributed by atoms with Gasteiger partial charge in [0.05, 0.1) is 10.6 Å². The van der Waals surface area contributed by atoms with Crippen LogP contribution in [0, 0.1) is 0 Å². The van der Waals surface area contributed by atoms with Crippen LogP contribution in [0.4, 0.5) is 0 Å². The van der Waals surface area contributed by atoms with E-state index in [1.165, 1.54) is 6.07 Å². The molecule has 18 heavy (non-hydrogen) atoms. The minimum absolute atomic E-state index is 0.265. The molecular formula is C13H7Cl3O2. The summed E-state index contributed by atoms with van der Waals surface area (Å²) < 4.78 is 5.15. The summed E-state index contributed by atoms with van der Waals surface area (Å²) in [5.74, 6) is -0.239. The van der Waals surface area contributed by atoms with Gasteiger partial charge >= 0.3 is 5.97 Å². The molecular weight excluding hydrogens is 294 g/mol. The number of hydrogen-bond acceptors (Lipinski definition) is 2. The van der Waals surface area contributed by atoms with Crippen LogP contribution in [0.3, 0.4) is 0 Å². The topological polar surface area (TPSA) is 26.3 Å².